The number of carbonyl (C=O) groups is 1. The number of allylic oxidation sites excluding steroid dienone is 1. The molecule has 2 saturated heterocycles. The number of hydrogen-bond donors (Lipinski definition) is 4. The number of aliphatic hydroxyl groups excluding tert-OH is 1. The Kier molecular flexibility index (Phi) is 8.06. The highest BCUT2D eigenvalue weighted by molar-refractivity contribution is 5.88. The first-order chi connectivity index (χ1) is 26.3. The minimum atomic E-state index is -1.25. The van der Waals surface area contributed by atoms with Gasteiger partial charge >= 0.3 is 5.97 Å². The molecule has 0 bridgehead atoms. The van der Waals surface area contributed by atoms with E-state index in [4.69, 9.17) is 30.1 Å². The van der Waals surface area contributed by atoms with Crippen molar-refractivity contribution in [3.8, 4) is 22.8 Å². The molecule has 0 radical (unpaired) electrons. The van der Waals surface area contributed by atoms with Crippen LogP contribution in [0.5, 0.6) is 11.5 Å². The number of aromatic hydroxyl groups is 1. The van der Waals surface area contributed by atoms with E-state index in [0.717, 1.165) is 29.1 Å². The summed E-state index contributed by atoms with van der Waals surface area (Å²) in [6, 6.07) is 10.4. The van der Waals surface area contributed by atoms with Gasteiger partial charge in [-0.3, -0.25) is 9.79 Å². The first kappa shape index (κ1) is 35.0. The Morgan fingerprint density at radius 3 is 2.67 bits per heavy atom. The monoisotopic (exact) mass is 746 g/mol. The summed E-state index contributed by atoms with van der Waals surface area (Å²) in [4.78, 5) is 42.8. The zero-order chi connectivity index (χ0) is 38.4. The van der Waals surface area contributed by atoms with Crippen molar-refractivity contribution in [2.75, 3.05) is 24.6 Å². The van der Waals surface area contributed by atoms with Crippen molar-refractivity contribution in [3.63, 3.8) is 0 Å². The van der Waals surface area contributed by atoms with Gasteiger partial charge in [0.1, 0.15) is 51.6 Å². The van der Waals surface area contributed by atoms with Gasteiger partial charge in [-0.25, -0.2) is 14.8 Å². The van der Waals surface area contributed by atoms with Crippen LogP contribution in [0.25, 0.3) is 22.2 Å². The van der Waals surface area contributed by atoms with Crippen LogP contribution in [-0.2, 0) is 27.2 Å². The highest BCUT2D eigenvalue weighted by Gasteiger charge is 2.66. The number of rotatable bonds is 7. The number of nitrogens with zero attached hydrogens (tertiary/aromatic N) is 4. The number of aliphatic hydroxyl groups is 1. The lowest BCUT2D eigenvalue weighted by Crippen LogP contribution is -2.54. The van der Waals surface area contributed by atoms with E-state index in [1.54, 1.807) is 19.1 Å². The highest BCUT2D eigenvalue weighted by Crippen LogP contribution is 2.55. The summed E-state index contributed by atoms with van der Waals surface area (Å²) in [5.74, 6) is -0.303. The van der Waals surface area contributed by atoms with Crippen LogP contribution in [0.4, 0.5) is 11.6 Å². The van der Waals surface area contributed by atoms with Crippen LogP contribution in [0.2, 0.25) is 0 Å². The number of esters is 1. The number of nitrogens with two attached hydrogens (primary N) is 2. The maximum Gasteiger partial charge on any atom is 0.341 e. The Bertz CT molecular complexity index is 2440. The number of fused-ring (bicyclic) bond motifs is 5. The van der Waals surface area contributed by atoms with Crippen molar-refractivity contribution >= 4 is 34.8 Å². The molecule has 0 unspecified atom stereocenters. The van der Waals surface area contributed by atoms with Crippen molar-refractivity contribution in [2.24, 2.45) is 10.9 Å². The molecule has 5 aliphatic rings. The maximum absolute atomic E-state index is 14.1. The molecule has 55 heavy (non-hydrogen) atoms. The number of aromatic nitrogens is 2. The maximum atomic E-state index is 14.1. The molecule has 2 fully saturated rings. The molecule has 6 N–H and O–H groups in total. The Balaban J connectivity index is 0.938. The van der Waals surface area contributed by atoms with E-state index in [-0.39, 0.29) is 41.1 Å². The van der Waals surface area contributed by atoms with Crippen LogP contribution >= 0.6 is 0 Å². The number of ether oxygens (including phenoxy) is 3. The molecule has 14 nitrogen and oxygen atoms in total. The van der Waals surface area contributed by atoms with Gasteiger partial charge in [0.2, 0.25) is 0 Å². The average Bonchev–Trinajstić information content (AvgIpc) is 3.41. The van der Waals surface area contributed by atoms with E-state index in [1.165, 1.54) is 11.6 Å². The average molecular weight is 747 g/mol. The summed E-state index contributed by atoms with van der Waals surface area (Å²) in [6.45, 7) is 6.38. The summed E-state index contributed by atoms with van der Waals surface area (Å²) in [6.07, 6.45) is 6.12. The second-order valence-corrected chi connectivity index (χ2v) is 15.8. The predicted octanol–water partition coefficient (Wildman–Crippen LogP) is 4.44. The van der Waals surface area contributed by atoms with Gasteiger partial charge in [-0.1, -0.05) is 0 Å². The van der Waals surface area contributed by atoms with Gasteiger partial charge in [0, 0.05) is 60.3 Å². The lowest BCUT2D eigenvalue weighted by molar-refractivity contribution is -0.175. The Hall–Kier alpha value is -5.73. The number of hydrogen-bond acceptors (Lipinski definition) is 14. The van der Waals surface area contributed by atoms with Crippen molar-refractivity contribution in [2.45, 2.75) is 82.3 Å². The number of benzene rings is 1. The number of pyridine rings is 2. The van der Waals surface area contributed by atoms with Crippen molar-refractivity contribution in [1.82, 2.24) is 14.9 Å². The molecule has 0 aliphatic carbocycles. The van der Waals surface area contributed by atoms with Gasteiger partial charge in [-0.05, 0) is 88.3 Å². The van der Waals surface area contributed by atoms with E-state index < -0.39 is 35.3 Å². The van der Waals surface area contributed by atoms with Gasteiger partial charge in [0.05, 0.1) is 29.7 Å². The minimum absolute atomic E-state index is 0.0330. The van der Waals surface area contributed by atoms with Crippen molar-refractivity contribution in [1.29, 1.82) is 0 Å². The fourth-order valence-electron chi connectivity index (χ4n) is 8.89. The minimum Gasteiger partial charge on any atom is -0.507 e. The van der Waals surface area contributed by atoms with E-state index in [2.05, 4.69) is 19.9 Å². The third-order valence-corrected chi connectivity index (χ3v) is 11.4. The third kappa shape index (κ3) is 6.09. The van der Waals surface area contributed by atoms with Crippen LogP contribution in [-0.4, -0.2) is 73.8 Å². The summed E-state index contributed by atoms with van der Waals surface area (Å²) in [7, 11) is 0. The standard InChI is InChI=1S/C41H42N6O8/c1-20-8-29(49)36-30(52-20)14-31-35(37(36)50)26-9-22(19-48)15-41(39(51)53-38(26)40(2,3)54-31)32(55-41)5-4-21-10-27(46-33(42)11-21)24-12-25(45-34(43)13-24)17-47-16-23-6-7-44-28(23)18-47/h6-8,10-14,18,22,26,32,38,48,50H,4-5,9,15-17,19H2,1-3H3,(H2,42,46)(H2,43,45)/t22-,26+,32+,38+,41+/m0/s1. The van der Waals surface area contributed by atoms with Crippen LogP contribution in [0.3, 0.4) is 0 Å². The van der Waals surface area contributed by atoms with E-state index in [9.17, 15) is 19.8 Å². The molecule has 1 spiro atoms. The van der Waals surface area contributed by atoms with Gasteiger partial charge in [0.15, 0.2) is 11.0 Å². The van der Waals surface area contributed by atoms with Crippen LogP contribution in [0.15, 0.2) is 74.1 Å². The van der Waals surface area contributed by atoms with Crippen molar-refractivity contribution in [3.05, 3.63) is 92.7 Å². The number of carbonyl (C=O) groups excluding carboxylic acids is 1. The Morgan fingerprint density at radius 2 is 1.87 bits per heavy atom. The summed E-state index contributed by atoms with van der Waals surface area (Å²) < 4.78 is 24.6. The van der Waals surface area contributed by atoms with E-state index in [1.807, 2.05) is 50.5 Å². The van der Waals surface area contributed by atoms with Crippen LogP contribution in [0, 0.1) is 12.8 Å². The molecule has 9 rings (SSSR count). The molecule has 1 aromatic carbocycles. The molecule has 14 heteroatoms. The summed E-state index contributed by atoms with van der Waals surface area (Å²) in [5.41, 5.74) is 15.7. The molecule has 5 aliphatic heterocycles. The Morgan fingerprint density at radius 1 is 1.05 bits per heavy atom. The van der Waals surface area contributed by atoms with Gasteiger partial charge in [-0.15, -0.1) is 0 Å². The zero-order valence-electron chi connectivity index (χ0n) is 30.7. The number of nitrogen functional groups attached to an aromatic ring is 2. The molecule has 3 aromatic heterocycles. The molecule has 0 saturated carbocycles. The van der Waals surface area contributed by atoms with Gasteiger partial charge in [-0.2, -0.15) is 0 Å². The molecule has 0 amide bonds. The first-order valence-corrected chi connectivity index (χ1v) is 18.5. The lowest BCUT2D eigenvalue weighted by atomic mass is 9.73. The van der Waals surface area contributed by atoms with Gasteiger partial charge < -0.3 is 45.2 Å². The third-order valence-electron chi connectivity index (χ3n) is 11.4. The normalized spacial score (nSPS) is 26.0. The van der Waals surface area contributed by atoms with E-state index >= 15 is 0 Å². The lowest BCUT2D eigenvalue weighted by Gasteiger charge is -2.46. The fraction of sp³-hybridized carbons (Fsp3) is 0.390. The molecule has 5 atom stereocenters. The number of phenols is 1. The number of aliphatic imine (C=N–C) groups is 1. The largest absolute Gasteiger partial charge is 0.507 e. The second kappa shape index (κ2) is 12.7. The quantitative estimate of drug-likeness (QED) is 0.152. The summed E-state index contributed by atoms with van der Waals surface area (Å²) in [5, 5.41) is 22.2. The highest BCUT2D eigenvalue weighted by atomic mass is 16.7. The smallest absolute Gasteiger partial charge is 0.341 e. The Labute approximate surface area is 316 Å². The molecule has 284 valence electrons. The molecule has 4 aromatic rings. The summed E-state index contributed by atoms with van der Waals surface area (Å²) >= 11 is 0. The predicted molar refractivity (Wildman–Crippen MR) is 203 cm³/mol. The molecular weight excluding hydrogens is 704 g/mol. The van der Waals surface area contributed by atoms with Crippen LogP contribution in [0.1, 0.15) is 61.6 Å². The molecule has 8 heterocycles. The van der Waals surface area contributed by atoms with Crippen LogP contribution < -0.4 is 21.6 Å². The zero-order valence-corrected chi connectivity index (χ0v) is 30.7. The SMILES string of the molecule is Cc1cc(=O)c2c(O)c3c(cc2o1)OC(C)(C)[C@@H]1OC(=O)[C@]2(C[C@@H](CO)C[C@H]31)O[C@@H]2CCc1cc(N)nc(-c2cc(N)nc(CN3C=C4N=CC=C4C3)c2)c1. The number of aryl methyl sites for hydroxylation is 2. The van der Waals surface area contributed by atoms with E-state index in [0.29, 0.717) is 60.2 Å². The first-order valence-electron chi connectivity index (χ1n) is 18.5. The fourth-order valence-corrected chi connectivity index (χ4v) is 8.89. The number of phenolic OH excluding ortho intramolecular Hbond substituents is 1. The topological polar surface area (TPSA) is 212 Å². The molecular formula is C41H42N6O8. The van der Waals surface area contributed by atoms with Crippen molar-refractivity contribution < 1.29 is 33.6 Å². The number of epoxide rings is 1. The number of anilines is 2. The van der Waals surface area contributed by atoms with Gasteiger partial charge in [0.25, 0.3) is 0 Å². The second-order valence-electron chi connectivity index (χ2n) is 15.8.